The highest BCUT2D eigenvalue weighted by atomic mass is 19.1. The fourth-order valence-electron chi connectivity index (χ4n) is 2.48. The first kappa shape index (κ1) is 10.3. The zero-order chi connectivity index (χ0) is 10.7. The number of alkyl halides is 1. The van der Waals surface area contributed by atoms with Crippen molar-refractivity contribution >= 4 is 6.29 Å². The van der Waals surface area contributed by atoms with E-state index in [0.717, 1.165) is 25.5 Å². The van der Waals surface area contributed by atoms with Gasteiger partial charge in [0.25, 0.3) is 0 Å². The third kappa shape index (κ3) is 2.09. The number of hydrogen-bond donors (Lipinski definition) is 0. The summed E-state index contributed by atoms with van der Waals surface area (Å²) in [5.41, 5.74) is 1.87. The van der Waals surface area contributed by atoms with Crippen LogP contribution in [0.2, 0.25) is 0 Å². The lowest BCUT2D eigenvalue weighted by atomic mass is 9.89. The molecule has 80 valence electrons. The molecule has 1 aromatic rings. The van der Waals surface area contributed by atoms with E-state index < -0.39 is 0 Å². The minimum Gasteiger partial charge on any atom is -0.298 e. The average molecular weight is 206 g/mol. The Kier molecular flexibility index (Phi) is 3.14. The van der Waals surface area contributed by atoms with Gasteiger partial charge in [0.1, 0.15) is 6.29 Å². The van der Waals surface area contributed by atoms with Crippen LogP contribution in [0.3, 0.4) is 0 Å². The van der Waals surface area contributed by atoms with Gasteiger partial charge in [-0.1, -0.05) is 30.7 Å². The van der Waals surface area contributed by atoms with E-state index >= 15 is 0 Å². The van der Waals surface area contributed by atoms with Crippen LogP contribution in [0, 0.1) is 5.92 Å². The highest BCUT2D eigenvalue weighted by molar-refractivity contribution is 5.74. The molecule has 2 unspecified atom stereocenters. The molecule has 1 fully saturated rings. The fraction of sp³-hybridized carbons (Fsp3) is 0.462. The van der Waals surface area contributed by atoms with E-state index in [1.165, 1.54) is 5.56 Å². The van der Waals surface area contributed by atoms with E-state index in [1.807, 2.05) is 24.3 Å². The Hall–Kier alpha value is -1.18. The van der Waals surface area contributed by atoms with E-state index in [4.69, 9.17) is 0 Å². The maximum Gasteiger partial charge on any atom is 0.150 e. The first-order chi connectivity index (χ1) is 7.35. The molecule has 0 radical (unpaired) electrons. The monoisotopic (exact) mass is 206 g/mol. The van der Waals surface area contributed by atoms with Gasteiger partial charge in [-0.15, -0.1) is 0 Å². The third-order valence-electron chi connectivity index (χ3n) is 3.36. The van der Waals surface area contributed by atoms with Crippen LogP contribution in [0.4, 0.5) is 4.39 Å². The second kappa shape index (κ2) is 4.56. The van der Waals surface area contributed by atoms with E-state index in [0.29, 0.717) is 11.5 Å². The largest absolute Gasteiger partial charge is 0.298 e. The molecule has 0 bridgehead atoms. The van der Waals surface area contributed by atoms with Gasteiger partial charge in [0, 0.05) is 5.56 Å². The normalized spacial score (nSPS) is 25.4. The molecule has 1 aliphatic rings. The lowest BCUT2D eigenvalue weighted by molar-refractivity contribution is 0.112. The van der Waals surface area contributed by atoms with E-state index in [1.54, 1.807) is 0 Å². The minimum atomic E-state index is -0.222. The fourth-order valence-corrected chi connectivity index (χ4v) is 2.48. The van der Waals surface area contributed by atoms with Gasteiger partial charge >= 0.3 is 0 Å². The van der Waals surface area contributed by atoms with Gasteiger partial charge in [-0.2, -0.15) is 0 Å². The SMILES string of the molecule is O=Cc1ccc(C2CCCC2CF)cc1. The molecule has 15 heavy (non-hydrogen) atoms. The highest BCUT2D eigenvalue weighted by Crippen LogP contribution is 2.39. The number of benzene rings is 1. The molecule has 1 aromatic carbocycles. The van der Waals surface area contributed by atoms with Crippen molar-refractivity contribution in [2.75, 3.05) is 6.67 Å². The molecule has 0 saturated heterocycles. The molecule has 2 rings (SSSR count). The number of aldehydes is 1. The number of carbonyl (C=O) groups is 1. The Morgan fingerprint density at radius 3 is 2.60 bits per heavy atom. The van der Waals surface area contributed by atoms with Gasteiger partial charge in [-0.25, -0.2) is 0 Å². The number of hydrogen-bond acceptors (Lipinski definition) is 1. The van der Waals surface area contributed by atoms with Crippen molar-refractivity contribution in [1.82, 2.24) is 0 Å². The first-order valence-corrected chi connectivity index (χ1v) is 5.46. The average Bonchev–Trinajstić information content (AvgIpc) is 2.77. The van der Waals surface area contributed by atoms with Crippen molar-refractivity contribution in [3.8, 4) is 0 Å². The summed E-state index contributed by atoms with van der Waals surface area (Å²) in [6.07, 6.45) is 4.03. The predicted octanol–water partition coefficient (Wildman–Crippen LogP) is 3.35. The molecule has 0 N–H and O–H groups in total. The van der Waals surface area contributed by atoms with Crippen molar-refractivity contribution in [3.63, 3.8) is 0 Å². The number of carbonyl (C=O) groups excluding carboxylic acids is 1. The standard InChI is InChI=1S/C13H15FO/c14-8-12-2-1-3-13(12)11-6-4-10(9-15)5-7-11/h4-7,9,12-13H,1-3,8H2. The second-order valence-electron chi connectivity index (χ2n) is 4.24. The molecule has 0 amide bonds. The lowest BCUT2D eigenvalue weighted by Crippen LogP contribution is -2.08. The Bertz CT molecular complexity index is 331. The predicted molar refractivity (Wildman–Crippen MR) is 57.9 cm³/mol. The number of rotatable bonds is 3. The smallest absolute Gasteiger partial charge is 0.150 e. The van der Waals surface area contributed by atoms with Crippen LogP contribution in [0.25, 0.3) is 0 Å². The van der Waals surface area contributed by atoms with Crippen LogP contribution in [0.5, 0.6) is 0 Å². The zero-order valence-electron chi connectivity index (χ0n) is 8.66. The molecular weight excluding hydrogens is 191 g/mol. The molecule has 0 aliphatic heterocycles. The van der Waals surface area contributed by atoms with Crippen molar-refractivity contribution < 1.29 is 9.18 Å². The third-order valence-corrected chi connectivity index (χ3v) is 3.36. The Morgan fingerprint density at radius 1 is 1.27 bits per heavy atom. The Morgan fingerprint density at radius 2 is 2.00 bits per heavy atom. The Labute approximate surface area is 89.3 Å². The van der Waals surface area contributed by atoms with E-state index in [-0.39, 0.29) is 12.6 Å². The van der Waals surface area contributed by atoms with Gasteiger partial charge in [-0.05, 0) is 30.2 Å². The van der Waals surface area contributed by atoms with E-state index in [9.17, 15) is 9.18 Å². The molecule has 0 spiro atoms. The minimum absolute atomic E-state index is 0.187. The van der Waals surface area contributed by atoms with Gasteiger partial charge in [-0.3, -0.25) is 9.18 Å². The number of halogens is 1. The topological polar surface area (TPSA) is 17.1 Å². The molecule has 1 saturated carbocycles. The van der Waals surface area contributed by atoms with Crippen LogP contribution in [-0.2, 0) is 0 Å². The van der Waals surface area contributed by atoms with Gasteiger partial charge < -0.3 is 0 Å². The van der Waals surface area contributed by atoms with Gasteiger partial charge in [0.15, 0.2) is 0 Å². The molecule has 1 aliphatic carbocycles. The molecule has 0 aromatic heterocycles. The van der Waals surface area contributed by atoms with Crippen molar-refractivity contribution in [2.45, 2.75) is 25.2 Å². The van der Waals surface area contributed by atoms with Crippen molar-refractivity contribution in [2.24, 2.45) is 5.92 Å². The van der Waals surface area contributed by atoms with Crippen LogP contribution in [0.15, 0.2) is 24.3 Å². The summed E-state index contributed by atoms with van der Waals surface area (Å²) >= 11 is 0. The van der Waals surface area contributed by atoms with Gasteiger partial charge in [0.05, 0.1) is 6.67 Å². The summed E-state index contributed by atoms with van der Waals surface area (Å²) in [7, 11) is 0. The van der Waals surface area contributed by atoms with Crippen LogP contribution >= 0.6 is 0 Å². The molecule has 2 heteroatoms. The summed E-state index contributed by atoms with van der Waals surface area (Å²) in [5, 5.41) is 0. The summed E-state index contributed by atoms with van der Waals surface area (Å²) < 4.78 is 12.7. The summed E-state index contributed by atoms with van der Waals surface area (Å²) in [6, 6.07) is 7.55. The summed E-state index contributed by atoms with van der Waals surface area (Å²) in [4.78, 5) is 10.5. The molecular formula is C13H15FO. The summed E-state index contributed by atoms with van der Waals surface area (Å²) in [6.45, 7) is -0.222. The molecule has 0 heterocycles. The summed E-state index contributed by atoms with van der Waals surface area (Å²) in [5.74, 6) is 0.544. The van der Waals surface area contributed by atoms with Crippen LogP contribution < -0.4 is 0 Å². The molecule has 2 atom stereocenters. The first-order valence-electron chi connectivity index (χ1n) is 5.46. The highest BCUT2D eigenvalue weighted by Gasteiger charge is 2.28. The maximum absolute atomic E-state index is 12.7. The Balaban J connectivity index is 2.17. The van der Waals surface area contributed by atoms with Crippen LogP contribution in [0.1, 0.15) is 41.1 Å². The van der Waals surface area contributed by atoms with Gasteiger partial charge in [0.2, 0.25) is 0 Å². The maximum atomic E-state index is 12.7. The van der Waals surface area contributed by atoms with E-state index in [2.05, 4.69) is 0 Å². The quantitative estimate of drug-likeness (QED) is 0.693. The van der Waals surface area contributed by atoms with Crippen molar-refractivity contribution in [3.05, 3.63) is 35.4 Å². The second-order valence-corrected chi connectivity index (χ2v) is 4.24. The zero-order valence-corrected chi connectivity index (χ0v) is 8.66. The van der Waals surface area contributed by atoms with Crippen LogP contribution in [-0.4, -0.2) is 13.0 Å². The van der Waals surface area contributed by atoms with Crippen molar-refractivity contribution in [1.29, 1.82) is 0 Å². The lowest BCUT2D eigenvalue weighted by Gasteiger charge is -2.16. The molecule has 1 nitrogen and oxygen atoms in total.